The van der Waals surface area contributed by atoms with E-state index < -0.39 is 6.04 Å². The lowest BCUT2D eigenvalue weighted by Crippen LogP contribution is -2.51. The van der Waals surface area contributed by atoms with E-state index in [0.717, 1.165) is 22.0 Å². The van der Waals surface area contributed by atoms with Gasteiger partial charge in [0.05, 0.1) is 0 Å². The minimum Gasteiger partial charge on any atom is -0.361 e. The van der Waals surface area contributed by atoms with Crippen molar-refractivity contribution in [2.45, 2.75) is 45.7 Å². The first kappa shape index (κ1) is 21.9. The Labute approximate surface area is 182 Å². The fraction of sp³-hybridized carbons (Fsp3) is 0.333. The van der Waals surface area contributed by atoms with Crippen LogP contribution in [0.1, 0.15) is 31.9 Å². The SMILES string of the molecule is CC(C)C(=O)N[C@H](Cc1c[nH]c2ccccc12)C(=O)N[C@@H](C)Cc1cccc(Cl)c1. The van der Waals surface area contributed by atoms with Crippen molar-refractivity contribution >= 4 is 34.3 Å². The Hall–Kier alpha value is -2.79. The van der Waals surface area contributed by atoms with Gasteiger partial charge in [-0.15, -0.1) is 0 Å². The Morgan fingerprint density at radius 1 is 0.967 bits per heavy atom. The first-order chi connectivity index (χ1) is 14.3. The Morgan fingerprint density at radius 2 is 1.73 bits per heavy atom. The van der Waals surface area contributed by atoms with Gasteiger partial charge in [-0.1, -0.05) is 55.8 Å². The number of fused-ring (bicyclic) bond motifs is 1. The Morgan fingerprint density at radius 3 is 2.47 bits per heavy atom. The van der Waals surface area contributed by atoms with E-state index in [0.29, 0.717) is 17.9 Å². The molecule has 158 valence electrons. The summed E-state index contributed by atoms with van der Waals surface area (Å²) in [6.07, 6.45) is 2.98. The molecule has 0 fully saturated rings. The van der Waals surface area contributed by atoms with Gasteiger partial charge >= 0.3 is 0 Å². The lowest BCUT2D eigenvalue weighted by molar-refractivity contribution is -0.130. The Balaban J connectivity index is 1.73. The number of aromatic amines is 1. The number of nitrogens with one attached hydrogen (secondary N) is 3. The average molecular weight is 426 g/mol. The van der Waals surface area contributed by atoms with Crippen LogP contribution in [0.4, 0.5) is 0 Å². The van der Waals surface area contributed by atoms with Crippen molar-refractivity contribution < 1.29 is 9.59 Å². The maximum atomic E-state index is 13.1. The molecule has 2 amide bonds. The van der Waals surface area contributed by atoms with Crippen molar-refractivity contribution in [1.29, 1.82) is 0 Å². The highest BCUT2D eigenvalue weighted by Gasteiger charge is 2.24. The van der Waals surface area contributed by atoms with E-state index in [-0.39, 0.29) is 23.8 Å². The molecule has 0 saturated carbocycles. The molecule has 0 aliphatic rings. The summed E-state index contributed by atoms with van der Waals surface area (Å²) in [4.78, 5) is 28.6. The molecule has 0 saturated heterocycles. The van der Waals surface area contributed by atoms with Crippen LogP contribution in [-0.4, -0.2) is 28.9 Å². The van der Waals surface area contributed by atoms with Crippen molar-refractivity contribution in [3.05, 3.63) is 70.9 Å². The molecule has 2 atom stereocenters. The van der Waals surface area contributed by atoms with E-state index in [1.807, 2.05) is 75.5 Å². The fourth-order valence-electron chi connectivity index (χ4n) is 3.48. The number of aromatic nitrogens is 1. The number of carbonyl (C=O) groups is 2. The number of rotatable bonds is 8. The van der Waals surface area contributed by atoms with E-state index in [2.05, 4.69) is 15.6 Å². The van der Waals surface area contributed by atoms with Crippen LogP contribution in [0, 0.1) is 5.92 Å². The second-order valence-electron chi connectivity index (χ2n) is 8.02. The second-order valence-corrected chi connectivity index (χ2v) is 8.46. The molecule has 0 radical (unpaired) electrons. The van der Waals surface area contributed by atoms with Gasteiger partial charge in [-0.3, -0.25) is 9.59 Å². The maximum Gasteiger partial charge on any atom is 0.243 e. The first-order valence-electron chi connectivity index (χ1n) is 10.2. The van der Waals surface area contributed by atoms with Crippen molar-refractivity contribution in [3.8, 4) is 0 Å². The number of hydrogen-bond donors (Lipinski definition) is 3. The molecule has 5 nitrogen and oxygen atoms in total. The molecule has 3 N–H and O–H groups in total. The van der Waals surface area contributed by atoms with Crippen LogP contribution in [0.3, 0.4) is 0 Å². The topological polar surface area (TPSA) is 74.0 Å². The number of carbonyl (C=O) groups excluding carboxylic acids is 2. The van der Waals surface area contributed by atoms with Gasteiger partial charge in [-0.25, -0.2) is 0 Å². The Bertz CT molecular complexity index is 1030. The third kappa shape index (κ3) is 5.63. The molecular formula is C24H28ClN3O2. The molecule has 0 aliphatic carbocycles. The number of H-pyrrole nitrogens is 1. The molecule has 0 spiro atoms. The van der Waals surface area contributed by atoms with E-state index >= 15 is 0 Å². The summed E-state index contributed by atoms with van der Waals surface area (Å²) in [5.41, 5.74) is 3.06. The highest BCUT2D eigenvalue weighted by atomic mass is 35.5. The minimum atomic E-state index is -0.652. The van der Waals surface area contributed by atoms with Gasteiger partial charge in [-0.2, -0.15) is 0 Å². The third-order valence-electron chi connectivity index (χ3n) is 5.08. The van der Waals surface area contributed by atoms with Crippen LogP contribution in [-0.2, 0) is 22.4 Å². The van der Waals surface area contributed by atoms with Gasteiger partial charge in [0.1, 0.15) is 6.04 Å². The predicted molar refractivity (Wildman–Crippen MR) is 122 cm³/mol. The van der Waals surface area contributed by atoms with Gasteiger partial charge in [0.2, 0.25) is 11.8 Å². The largest absolute Gasteiger partial charge is 0.361 e. The van der Waals surface area contributed by atoms with Crippen LogP contribution >= 0.6 is 11.6 Å². The summed E-state index contributed by atoms with van der Waals surface area (Å²) < 4.78 is 0. The molecule has 3 aromatic rings. The first-order valence-corrected chi connectivity index (χ1v) is 10.6. The molecule has 0 aliphatic heterocycles. The molecule has 0 unspecified atom stereocenters. The smallest absolute Gasteiger partial charge is 0.243 e. The van der Waals surface area contributed by atoms with Gasteiger partial charge in [0.15, 0.2) is 0 Å². The summed E-state index contributed by atoms with van der Waals surface area (Å²) in [6, 6.07) is 14.8. The highest BCUT2D eigenvalue weighted by molar-refractivity contribution is 6.30. The normalized spacial score (nSPS) is 13.2. The van der Waals surface area contributed by atoms with Crippen LogP contribution < -0.4 is 10.6 Å². The summed E-state index contributed by atoms with van der Waals surface area (Å²) >= 11 is 6.06. The van der Waals surface area contributed by atoms with Crippen LogP contribution in [0.5, 0.6) is 0 Å². The van der Waals surface area contributed by atoms with Crippen LogP contribution in [0.15, 0.2) is 54.7 Å². The quantitative estimate of drug-likeness (QED) is 0.504. The summed E-state index contributed by atoms with van der Waals surface area (Å²) in [5.74, 6) is -0.534. The average Bonchev–Trinajstić information content (AvgIpc) is 3.10. The molecule has 3 rings (SSSR count). The molecule has 2 aromatic carbocycles. The Kier molecular flexibility index (Phi) is 7.16. The van der Waals surface area contributed by atoms with E-state index in [9.17, 15) is 9.59 Å². The lowest BCUT2D eigenvalue weighted by Gasteiger charge is -2.22. The monoisotopic (exact) mass is 425 g/mol. The van der Waals surface area contributed by atoms with E-state index in [4.69, 9.17) is 11.6 Å². The highest BCUT2D eigenvalue weighted by Crippen LogP contribution is 2.19. The standard InChI is InChI=1S/C24H28ClN3O2/c1-15(2)23(29)28-22(13-18-14-26-21-10-5-4-9-20(18)21)24(30)27-16(3)11-17-7-6-8-19(25)12-17/h4-10,12,14-16,22,26H,11,13H2,1-3H3,(H,27,30)(H,28,29)/t16-,22+/m0/s1. The number of halogens is 1. The van der Waals surface area contributed by atoms with Gasteiger partial charge in [-0.05, 0) is 42.7 Å². The molecule has 1 aromatic heterocycles. The zero-order valence-corrected chi connectivity index (χ0v) is 18.3. The molecule has 6 heteroatoms. The van der Waals surface area contributed by atoms with E-state index in [1.165, 1.54) is 0 Å². The number of benzene rings is 2. The molecule has 1 heterocycles. The molecular weight excluding hydrogens is 398 g/mol. The van der Waals surface area contributed by atoms with Crippen molar-refractivity contribution in [2.24, 2.45) is 5.92 Å². The molecule has 0 bridgehead atoms. The number of hydrogen-bond acceptors (Lipinski definition) is 2. The van der Waals surface area contributed by atoms with Gasteiger partial charge in [0, 0.05) is 40.5 Å². The fourth-order valence-corrected chi connectivity index (χ4v) is 3.69. The number of amides is 2. The third-order valence-corrected chi connectivity index (χ3v) is 5.31. The lowest BCUT2D eigenvalue weighted by atomic mass is 10.0. The maximum absolute atomic E-state index is 13.1. The van der Waals surface area contributed by atoms with Gasteiger partial charge in [0.25, 0.3) is 0 Å². The zero-order chi connectivity index (χ0) is 21.7. The minimum absolute atomic E-state index is 0.0996. The van der Waals surface area contributed by atoms with Crippen molar-refractivity contribution in [2.75, 3.05) is 0 Å². The zero-order valence-electron chi connectivity index (χ0n) is 17.5. The summed E-state index contributed by atoms with van der Waals surface area (Å²) in [6.45, 7) is 5.58. The summed E-state index contributed by atoms with van der Waals surface area (Å²) in [5, 5.41) is 7.69. The van der Waals surface area contributed by atoms with Gasteiger partial charge < -0.3 is 15.6 Å². The van der Waals surface area contributed by atoms with Crippen molar-refractivity contribution in [3.63, 3.8) is 0 Å². The molecule has 30 heavy (non-hydrogen) atoms. The van der Waals surface area contributed by atoms with Crippen molar-refractivity contribution in [1.82, 2.24) is 15.6 Å². The number of para-hydroxylation sites is 1. The predicted octanol–water partition coefficient (Wildman–Crippen LogP) is 4.25. The van der Waals surface area contributed by atoms with Crippen LogP contribution in [0.25, 0.3) is 10.9 Å². The van der Waals surface area contributed by atoms with Crippen LogP contribution in [0.2, 0.25) is 5.02 Å². The van der Waals surface area contributed by atoms with E-state index in [1.54, 1.807) is 0 Å². The summed E-state index contributed by atoms with van der Waals surface area (Å²) in [7, 11) is 0. The second kappa shape index (κ2) is 9.81.